The van der Waals surface area contributed by atoms with Gasteiger partial charge in [-0.25, -0.2) is 4.79 Å². The first-order valence-electron chi connectivity index (χ1n) is 6.15. The number of ether oxygens (including phenoxy) is 2. The molecule has 3 heteroatoms. The predicted molar refractivity (Wildman–Crippen MR) is 61.1 cm³/mol. The molecule has 1 aliphatic carbocycles. The zero-order chi connectivity index (χ0) is 11.4. The molecule has 0 N–H and O–H groups in total. The Labute approximate surface area is 96.8 Å². The van der Waals surface area contributed by atoms with Crippen molar-refractivity contribution < 1.29 is 14.3 Å². The van der Waals surface area contributed by atoms with E-state index in [-0.39, 0.29) is 11.6 Å². The van der Waals surface area contributed by atoms with Crippen LogP contribution in [0, 0.1) is 0 Å². The van der Waals surface area contributed by atoms with Gasteiger partial charge in [0.15, 0.2) is 0 Å². The first kappa shape index (κ1) is 11.6. The van der Waals surface area contributed by atoms with E-state index in [4.69, 9.17) is 4.74 Å². The van der Waals surface area contributed by atoms with E-state index in [0.717, 1.165) is 32.3 Å². The van der Waals surface area contributed by atoms with Gasteiger partial charge in [-0.1, -0.05) is 24.8 Å². The summed E-state index contributed by atoms with van der Waals surface area (Å²) in [5.41, 5.74) is 1.23. The molecule has 2 fully saturated rings. The van der Waals surface area contributed by atoms with Crippen LogP contribution in [0.25, 0.3) is 0 Å². The maximum absolute atomic E-state index is 11.2. The van der Waals surface area contributed by atoms with Crippen molar-refractivity contribution in [3.63, 3.8) is 0 Å². The average Bonchev–Trinajstić information content (AvgIpc) is 2.30. The summed E-state index contributed by atoms with van der Waals surface area (Å²) in [5, 5.41) is 0. The summed E-state index contributed by atoms with van der Waals surface area (Å²) in [4.78, 5) is 11.2. The lowest BCUT2D eigenvalue weighted by atomic mass is 9.78. The van der Waals surface area contributed by atoms with E-state index in [1.807, 2.05) is 0 Å². The number of rotatable bonds is 1. The van der Waals surface area contributed by atoms with E-state index < -0.39 is 0 Å². The molecule has 1 aliphatic heterocycles. The van der Waals surface area contributed by atoms with Gasteiger partial charge in [0.2, 0.25) is 0 Å². The van der Waals surface area contributed by atoms with Gasteiger partial charge < -0.3 is 9.47 Å². The highest BCUT2D eigenvalue weighted by molar-refractivity contribution is 5.82. The fourth-order valence-corrected chi connectivity index (χ4v) is 2.82. The highest BCUT2D eigenvalue weighted by Gasteiger charge is 2.36. The molecular weight excluding hydrogens is 204 g/mol. The molecule has 0 aromatic heterocycles. The Morgan fingerprint density at radius 1 is 1.38 bits per heavy atom. The zero-order valence-electron chi connectivity index (χ0n) is 9.96. The van der Waals surface area contributed by atoms with Crippen molar-refractivity contribution in [3.05, 3.63) is 11.6 Å². The number of hydrogen-bond donors (Lipinski definition) is 0. The third kappa shape index (κ3) is 2.64. The summed E-state index contributed by atoms with van der Waals surface area (Å²) in [6, 6.07) is 0. The summed E-state index contributed by atoms with van der Waals surface area (Å²) in [6.45, 7) is 0.753. The average molecular weight is 224 g/mol. The van der Waals surface area contributed by atoms with E-state index in [1.54, 1.807) is 6.08 Å². The second-order valence-corrected chi connectivity index (χ2v) is 4.84. The van der Waals surface area contributed by atoms with Gasteiger partial charge in [0.1, 0.15) is 0 Å². The monoisotopic (exact) mass is 224 g/mol. The SMILES string of the molecule is COC(=O)/C=C1/CCOC2(CCCCC2)C1. The fraction of sp³-hybridized carbons (Fsp3) is 0.769. The Morgan fingerprint density at radius 2 is 2.12 bits per heavy atom. The van der Waals surface area contributed by atoms with Crippen LogP contribution in [-0.2, 0) is 14.3 Å². The van der Waals surface area contributed by atoms with Crippen LogP contribution in [-0.4, -0.2) is 25.3 Å². The molecule has 1 heterocycles. The first-order chi connectivity index (χ1) is 7.74. The van der Waals surface area contributed by atoms with Crippen LogP contribution in [0.2, 0.25) is 0 Å². The van der Waals surface area contributed by atoms with Crippen molar-refractivity contribution in [1.29, 1.82) is 0 Å². The van der Waals surface area contributed by atoms with E-state index in [1.165, 1.54) is 31.9 Å². The molecule has 1 saturated carbocycles. The van der Waals surface area contributed by atoms with Crippen molar-refractivity contribution in [2.75, 3.05) is 13.7 Å². The summed E-state index contributed by atoms with van der Waals surface area (Å²) in [5.74, 6) is -0.233. The Morgan fingerprint density at radius 3 is 2.81 bits per heavy atom. The highest BCUT2D eigenvalue weighted by Crippen LogP contribution is 2.40. The van der Waals surface area contributed by atoms with Crippen molar-refractivity contribution in [2.24, 2.45) is 0 Å². The topological polar surface area (TPSA) is 35.5 Å². The molecule has 0 atom stereocenters. The number of methoxy groups -OCH3 is 1. The zero-order valence-corrected chi connectivity index (χ0v) is 9.96. The standard InChI is InChI=1S/C13H20O3/c1-15-12(14)9-11-5-8-16-13(10-11)6-3-2-4-7-13/h9H,2-8,10H2,1H3/b11-9-. The molecule has 1 saturated heterocycles. The number of carbonyl (C=O) groups is 1. The smallest absolute Gasteiger partial charge is 0.330 e. The number of esters is 1. The van der Waals surface area contributed by atoms with Crippen molar-refractivity contribution in [3.8, 4) is 0 Å². The number of carbonyl (C=O) groups excluding carboxylic acids is 1. The fourth-order valence-electron chi connectivity index (χ4n) is 2.82. The quantitative estimate of drug-likeness (QED) is 0.507. The number of hydrogen-bond acceptors (Lipinski definition) is 3. The van der Waals surface area contributed by atoms with Gasteiger partial charge in [-0.15, -0.1) is 0 Å². The lowest BCUT2D eigenvalue weighted by molar-refractivity contribution is -0.135. The minimum atomic E-state index is -0.233. The van der Waals surface area contributed by atoms with Crippen LogP contribution in [0.3, 0.4) is 0 Å². The molecule has 16 heavy (non-hydrogen) atoms. The molecular formula is C13H20O3. The van der Waals surface area contributed by atoms with Crippen LogP contribution < -0.4 is 0 Å². The lowest BCUT2D eigenvalue weighted by Gasteiger charge is -2.41. The molecule has 0 aromatic rings. The van der Waals surface area contributed by atoms with Gasteiger partial charge in [-0.3, -0.25) is 0 Å². The molecule has 0 amide bonds. The molecule has 0 radical (unpaired) electrons. The molecule has 3 nitrogen and oxygen atoms in total. The summed E-state index contributed by atoms with van der Waals surface area (Å²) in [6.07, 6.45) is 9.56. The molecule has 0 aromatic carbocycles. The Balaban J connectivity index is 2.03. The Hall–Kier alpha value is -0.830. The first-order valence-corrected chi connectivity index (χ1v) is 6.15. The minimum Gasteiger partial charge on any atom is -0.466 e. The Bertz CT molecular complexity index is 282. The summed E-state index contributed by atoms with van der Waals surface area (Å²) in [7, 11) is 1.43. The molecule has 0 unspecified atom stereocenters. The minimum absolute atomic E-state index is 0.0381. The molecule has 2 aliphatic rings. The van der Waals surface area contributed by atoms with Crippen LogP contribution in [0.1, 0.15) is 44.9 Å². The van der Waals surface area contributed by atoms with E-state index in [0.29, 0.717) is 0 Å². The van der Waals surface area contributed by atoms with Crippen LogP contribution in [0.4, 0.5) is 0 Å². The molecule has 90 valence electrons. The van der Waals surface area contributed by atoms with E-state index >= 15 is 0 Å². The molecule has 0 bridgehead atoms. The Kier molecular flexibility index (Phi) is 3.64. The van der Waals surface area contributed by atoms with Crippen molar-refractivity contribution in [1.82, 2.24) is 0 Å². The van der Waals surface area contributed by atoms with Crippen molar-refractivity contribution in [2.45, 2.75) is 50.5 Å². The maximum Gasteiger partial charge on any atom is 0.330 e. The van der Waals surface area contributed by atoms with E-state index in [2.05, 4.69) is 4.74 Å². The largest absolute Gasteiger partial charge is 0.466 e. The molecule has 2 rings (SSSR count). The van der Waals surface area contributed by atoms with Gasteiger partial charge >= 0.3 is 5.97 Å². The predicted octanol–water partition coefficient (Wildman–Crippen LogP) is 2.60. The van der Waals surface area contributed by atoms with Gasteiger partial charge in [0, 0.05) is 6.08 Å². The third-order valence-electron chi connectivity index (χ3n) is 3.67. The van der Waals surface area contributed by atoms with Crippen molar-refractivity contribution >= 4 is 5.97 Å². The summed E-state index contributed by atoms with van der Waals surface area (Å²) >= 11 is 0. The third-order valence-corrected chi connectivity index (χ3v) is 3.67. The van der Waals surface area contributed by atoms with Gasteiger partial charge in [0.05, 0.1) is 19.3 Å². The van der Waals surface area contributed by atoms with Gasteiger partial charge in [0.25, 0.3) is 0 Å². The lowest BCUT2D eigenvalue weighted by Crippen LogP contribution is -2.39. The van der Waals surface area contributed by atoms with Crippen LogP contribution in [0.15, 0.2) is 11.6 Å². The normalized spacial score (nSPS) is 26.9. The molecule has 1 spiro atoms. The van der Waals surface area contributed by atoms with Crippen LogP contribution in [0.5, 0.6) is 0 Å². The summed E-state index contributed by atoms with van der Waals surface area (Å²) < 4.78 is 10.6. The van der Waals surface area contributed by atoms with E-state index in [9.17, 15) is 4.79 Å². The second-order valence-electron chi connectivity index (χ2n) is 4.84. The second kappa shape index (κ2) is 5.00. The highest BCUT2D eigenvalue weighted by atomic mass is 16.5. The van der Waals surface area contributed by atoms with Crippen LogP contribution >= 0.6 is 0 Å². The maximum atomic E-state index is 11.2. The van der Waals surface area contributed by atoms with Gasteiger partial charge in [-0.05, 0) is 25.7 Å². The van der Waals surface area contributed by atoms with Gasteiger partial charge in [-0.2, -0.15) is 0 Å².